The van der Waals surface area contributed by atoms with E-state index in [9.17, 15) is 4.39 Å². The summed E-state index contributed by atoms with van der Waals surface area (Å²) in [7, 11) is 0. The second kappa shape index (κ2) is 6.59. The summed E-state index contributed by atoms with van der Waals surface area (Å²) in [6.07, 6.45) is 4.25. The van der Waals surface area contributed by atoms with Crippen LogP contribution in [-0.4, -0.2) is 53.2 Å². The fraction of sp³-hybridized carbons (Fsp3) is 0.474. The summed E-state index contributed by atoms with van der Waals surface area (Å²) in [5.41, 5.74) is 0.961. The standard InChI is InChI=1S/C19H23FN4O/c1-13(2)23-7-8-24-15(12-23)5-9-25-17-10-14(11-22-19(17)24)18-16(20)4-3-6-21-18/h3-4,6,10-11,13,15H,5,7-9,12H2,1-2H3/t15-/m1/s1. The summed E-state index contributed by atoms with van der Waals surface area (Å²) >= 11 is 0. The van der Waals surface area contributed by atoms with Crippen molar-refractivity contribution >= 4 is 5.82 Å². The fourth-order valence-electron chi connectivity index (χ4n) is 3.67. The van der Waals surface area contributed by atoms with Crippen LogP contribution >= 0.6 is 0 Å². The normalized spacial score (nSPS) is 20.6. The molecule has 1 atom stereocenters. The topological polar surface area (TPSA) is 41.5 Å². The molecule has 0 spiro atoms. The van der Waals surface area contributed by atoms with E-state index >= 15 is 0 Å². The highest BCUT2D eigenvalue weighted by Gasteiger charge is 2.32. The molecule has 0 N–H and O–H groups in total. The number of hydrogen-bond acceptors (Lipinski definition) is 5. The molecule has 0 unspecified atom stereocenters. The van der Waals surface area contributed by atoms with Gasteiger partial charge in [-0.1, -0.05) is 0 Å². The highest BCUT2D eigenvalue weighted by Crippen LogP contribution is 2.36. The number of anilines is 1. The molecule has 2 aliphatic heterocycles. The molecular formula is C19H23FN4O. The van der Waals surface area contributed by atoms with Gasteiger partial charge in [-0.25, -0.2) is 9.37 Å². The molecule has 2 aromatic heterocycles. The van der Waals surface area contributed by atoms with Gasteiger partial charge in [-0.2, -0.15) is 0 Å². The number of ether oxygens (including phenoxy) is 1. The van der Waals surface area contributed by atoms with Crippen LogP contribution in [0.25, 0.3) is 11.3 Å². The second-order valence-corrected chi connectivity index (χ2v) is 6.95. The number of halogens is 1. The Morgan fingerprint density at radius 2 is 2.16 bits per heavy atom. The van der Waals surface area contributed by atoms with Crippen molar-refractivity contribution in [2.75, 3.05) is 31.1 Å². The number of fused-ring (bicyclic) bond motifs is 3. The van der Waals surface area contributed by atoms with Crippen LogP contribution in [0.15, 0.2) is 30.6 Å². The van der Waals surface area contributed by atoms with Crippen LogP contribution in [0.1, 0.15) is 20.3 Å². The number of aromatic nitrogens is 2. The zero-order valence-electron chi connectivity index (χ0n) is 14.7. The molecule has 0 bridgehead atoms. The van der Waals surface area contributed by atoms with Crippen LogP contribution in [0.5, 0.6) is 5.75 Å². The molecule has 0 aromatic carbocycles. The van der Waals surface area contributed by atoms with E-state index < -0.39 is 0 Å². The summed E-state index contributed by atoms with van der Waals surface area (Å²) in [6.45, 7) is 8.11. The molecule has 1 saturated heterocycles. The molecule has 0 aliphatic carbocycles. The third-order valence-corrected chi connectivity index (χ3v) is 5.09. The van der Waals surface area contributed by atoms with E-state index in [0.717, 1.165) is 37.6 Å². The van der Waals surface area contributed by atoms with Gasteiger partial charge < -0.3 is 9.64 Å². The lowest BCUT2D eigenvalue weighted by Gasteiger charge is -2.42. The summed E-state index contributed by atoms with van der Waals surface area (Å²) in [6, 6.07) is 5.82. The molecule has 0 amide bonds. The lowest BCUT2D eigenvalue weighted by molar-refractivity contribution is 0.172. The summed E-state index contributed by atoms with van der Waals surface area (Å²) < 4.78 is 20.0. The summed E-state index contributed by atoms with van der Waals surface area (Å²) in [4.78, 5) is 13.6. The Morgan fingerprint density at radius 1 is 1.28 bits per heavy atom. The van der Waals surface area contributed by atoms with Crippen LogP contribution in [0, 0.1) is 5.82 Å². The minimum Gasteiger partial charge on any atom is -0.490 e. The zero-order valence-corrected chi connectivity index (χ0v) is 14.7. The van der Waals surface area contributed by atoms with Gasteiger partial charge >= 0.3 is 0 Å². The van der Waals surface area contributed by atoms with Gasteiger partial charge in [-0.15, -0.1) is 0 Å². The van der Waals surface area contributed by atoms with Crippen LogP contribution < -0.4 is 9.64 Å². The molecule has 4 rings (SSSR count). The van der Waals surface area contributed by atoms with Crippen molar-refractivity contribution in [3.05, 3.63) is 36.4 Å². The van der Waals surface area contributed by atoms with Crippen molar-refractivity contribution < 1.29 is 9.13 Å². The second-order valence-electron chi connectivity index (χ2n) is 6.95. The summed E-state index contributed by atoms with van der Waals surface area (Å²) in [5, 5.41) is 0. The average molecular weight is 342 g/mol. The van der Waals surface area contributed by atoms with E-state index in [1.54, 1.807) is 18.5 Å². The van der Waals surface area contributed by atoms with Crippen LogP contribution in [0.2, 0.25) is 0 Å². The quantitative estimate of drug-likeness (QED) is 0.839. The van der Waals surface area contributed by atoms with E-state index in [1.807, 2.05) is 6.07 Å². The Kier molecular flexibility index (Phi) is 4.29. The third-order valence-electron chi connectivity index (χ3n) is 5.09. The number of rotatable bonds is 2. The van der Waals surface area contributed by atoms with Crippen molar-refractivity contribution in [3.63, 3.8) is 0 Å². The van der Waals surface area contributed by atoms with Crippen molar-refractivity contribution in [1.82, 2.24) is 14.9 Å². The Morgan fingerprint density at radius 3 is 2.96 bits per heavy atom. The molecule has 5 nitrogen and oxygen atoms in total. The van der Waals surface area contributed by atoms with Crippen LogP contribution in [0.3, 0.4) is 0 Å². The Balaban J connectivity index is 1.66. The lowest BCUT2D eigenvalue weighted by atomic mass is 10.1. The first-order chi connectivity index (χ1) is 12.1. The van der Waals surface area contributed by atoms with E-state index in [1.165, 1.54) is 6.07 Å². The van der Waals surface area contributed by atoms with Crippen molar-refractivity contribution in [3.8, 4) is 17.0 Å². The zero-order chi connectivity index (χ0) is 17.4. The Labute approximate surface area is 147 Å². The number of nitrogens with zero attached hydrogens (tertiary/aromatic N) is 4. The molecule has 0 saturated carbocycles. The van der Waals surface area contributed by atoms with Crippen molar-refractivity contribution in [2.45, 2.75) is 32.4 Å². The Hall–Kier alpha value is -2.21. The van der Waals surface area contributed by atoms with E-state index in [0.29, 0.717) is 29.9 Å². The predicted octanol–water partition coefficient (Wildman–Crippen LogP) is 2.96. The minimum absolute atomic E-state index is 0.312. The van der Waals surface area contributed by atoms with Crippen LogP contribution in [0.4, 0.5) is 10.2 Å². The molecule has 2 aromatic rings. The highest BCUT2D eigenvalue weighted by molar-refractivity contribution is 5.66. The van der Waals surface area contributed by atoms with E-state index in [4.69, 9.17) is 4.74 Å². The molecule has 132 valence electrons. The molecule has 2 aliphatic rings. The Bertz CT molecular complexity index is 767. The van der Waals surface area contributed by atoms with Gasteiger partial charge in [-0.05, 0) is 32.0 Å². The number of piperazine rings is 1. The molecule has 6 heteroatoms. The van der Waals surface area contributed by atoms with Gasteiger partial charge in [0, 0.05) is 56.1 Å². The van der Waals surface area contributed by atoms with E-state index in [2.05, 4.69) is 33.6 Å². The average Bonchev–Trinajstić information content (AvgIpc) is 2.80. The third kappa shape index (κ3) is 3.06. The van der Waals surface area contributed by atoms with Gasteiger partial charge in [0.15, 0.2) is 11.6 Å². The molecule has 1 fully saturated rings. The predicted molar refractivity (Wildman–Crippen MR) is 95.4 cm³/mol. The number of hydrogen-bond donors (Lipinski definition) is 0. The smallest absolute Gasteiger partial charge is 0.171 e. The molecular weight excluding hydrogens is 319 g/mol. The van der Waals surface area contributed by atoms with Gasteiger partial charge in [0.2, 0.25) is 0 Å². The molecule has 25 heavy (non-hydrogen) atoms. The maximum absolute atomic E-state index is 14.0. The van der Waals surface area contributed by atoms with Crippen molar-refractivity contribution in [2.24, 2.45) is 0 Å². The number of pyridine rings is 2. The first kappa shape index (κ1) is 16.3. The molecule has 0 radical (unpaired) electrons. The lowest BCUT2D eigenvalue weighted by Crippen LogP contribution is -2.55. The maximum atomic E-state index is 14.0. The first-order valence-electron chi connectivity index (χ1n) is 8.88. The highest BCUT2D eigenvalue weighted by atomic mass is 19.1. The van der Waals surface area contributed by atoms with Crippen molar-refractivity contribution in [1.29, 1.82) is 0 Å². The van der Waals surface area contributed by atoms with Gasteiger partial charge in [0.1, 0.15) is 11.5 Å². The first-order valence-corrected chi connectivity index (χ1v) is 8.88. The van der Waals surface area contributed by atoms with Crippen LogP contribution in [-0.2, 0) is 0 Å². The largest absolute Gasteiger partial charge is 0.490 e. The SMILES string of the molecule is CC(C)N1CCN2c3ncc(-c4ncccc4F)cc3OCC[C@@H]2C1. The van der Waals surface area contributed by atoms with Gasteiger partial charge in [0.25, 0.3) is 0 Å². The maximum Gasteiger partial charge on any atom is 0.171 e. The monoisotopic (exact) mass is 342 g/mol. The minimum atomic E-state index is -0.346. The molecule has 4 heterocycles. The van der Waals surface area contributed by atoms with Gasteiger partial charge in [0.05, 0.1) is 6.61 Å². The van der Waals surface area contributed by atoms with Gasteiger partial charge in [-0.3, -0.25) is 9.88 Å². The summed E-state index contributed by atoms with van der Waals surface area (Å²) in [5.74, 6) is 1.25. The fourth-order valence-corrected chi connectivity index (χ4v) is 3.67. The van der Waals surface area contributed by atoms with E-state index in [-0.39, 0.29) is 5.82 Å².